The molecule has 2 aromatic heterocycles. The second-order valence-corrected chi connectivity index (χ2v) is 7.52. The Morgan fingerprint density at radius 3 is 2.69 bits per heavy atom. The molecule has 5 heteroatoms. The van der Waals surface area contributed by atoms with Gasteiger partial charge in [-0.1, -0.05) is 42.3 Å². The maximum Gasteiger partial charge on any atom is 0.228 e. The van der Waals surface area contributed by atoms with Crippen molar-refractivity contribution in [3.8, 4) is 11.3 Å². The zero-order chi connectivity index (χ0) is 18.3. The van der Waals surface area contributed by atoms with Crippen LogP contribution in [0, 0.1) is 26.7 Å². The molecule has 0 saturated heterocycles. The summed E-state index contributed by atoms with van der Waals surface area (Å²) in [4.78, 5) is 9.26. The molecule has 1 aliphatic rings. The Kier molecular flexibility index (Phi) is 4.39. The summed E-state index contributed by atoms with van der Waals surface area (Å²) in [6.07, 6.45) is 4.91. The van der Waals surface area contributed by atoms with E-state index in [-0.39, 0.29) is 0 Å². The van der Waals surface area contributed by atoms with Gasteiger partial charge in [-0.2, -0.15) is 0 Å². The Labute approximate surface area is 154 Å². The summed E-state index contributed by atoms with van der Waals surface area (Å²) >= 11 is 0. The maximum absolute atomic E-state index is 5.72. The minimum absolute atomic E-state index is 0.451. The van der Waals surface area contributed by atoms with Crippen LogP contribution >= 0.6 is 0 Å². The van der Waals surface area contributed by atoms with Gasteiger partial charge in [-0.25, -0.2) is 9.97 Å². The van der Waals surface area contributed by atoms with Crippen LogP contribution in [0.1, 0.15) is 49.6 Å². The third kappa shape index (κ3) is 3.18. The molecule has 0 spiro atoms. The molecule has 1 aliphatic carbocycles. The summed E-state index contributed by atoms with van der Waals surface area (Å²) in [7, 11) is 0. The van der Waals surface area contributed by atoms with Gasteiger partial charge in [0.2, 0.25) is 5.58 Å². The van der Waals surface area contributed by atoms with E-state index in [1.54, 1.807) is 0 Å². The highest BCUT2D eigenvalue weighted by molar-refractivity contribution is 5.94. The quantitative estimate of drug-likeness (QED) is 0.662. The predicted molar refractivity (Wildman–Crippen MR) is 104 cm³/mol. The lowest BCUT2D eigenvalue weighted by atomic mass is 10.0. The molecule has 0 bridgehead atoms. The van der Waals surface area contributed by atoms with Crippen LogP contribution in [-0.4, -0.2) is 21.2 Å². The lowest BCUT2D eigenvalue weighted by molar-refractivity contribution is 0.458. The number of nitrogens with zero attached hydrogens (tertiary/aromatic N) is 3. The van der Waals surface area contributed by atoms with Crippen molar-refractivity contribution in [2.75, 3.05) is 5.32 Å². The van der Waals surface area contributed by atoms with E-state index in [1.165, 1.54) is 24.0 Å². The van der Waals surface area contributed by atoms with Crippen LogP contribution in [0.15, 0.2) is 22.7 Å². The summed E-state index contributed by atoms with van der Waals surface area (Å²) in [5.41, 5.74) is 5.72. The van der Waals surface area contributed by atoms with Crippen LogP contribution in [0.4, 0.5) is 5.82 Å². The van der Waals surface area contributed by atoms with E-state index in [4.69, 9.17) is 4.52 Å². The highest BCUT2D eigenvalue weighted by Gasteiger charge is 2.31. The van der Waals surface area contributed by atoms with Gasteiger partial charge in [0.05, 0.1) is 0 Å². The molecule has 1 N–H and O–H groups in total. The fourth-order valence-electron chi connectivity index (χ4n) is 3.71. The summed E-state index contributed by atoms with van der Waals surface area (Å²) < 4.78 is 5.72. The maximum atomic E-state index is 5.72. The zero-order valence-electron chi connectivity index (χ0n) is 16.0. The van der Waals surface area contributed by atoms with Gasteiger partial charge in [0.15, 0.2) is 5.82 Å². The first-order valence-corrected chi connectivity index (χ1v) is 9.55. The van der Waals surface area contributed by atoms with E-state index in [2.05, 4.69) is 59.4 Å². The van der Waals surface area contributed by atoms with Crippen molar-refractivity contribution in [2.24, 2.45) is 5.92 Å². The van der Waals surface area contributed by atoms with E-state index >= 15 is 0 Å². The Morgan fingerprint density at radius 2 is 2.00 bits per heavy atom. The Bertz CT molecular complexity index is 943. The van der Waals surface area contributed by atoms with Crippen molar-refractivity contribution < 1.29 is 4.52 Å². The summed E-state index contributed by atoms with van der Waals surface area (Å²) in [6.45, 7) is 8.35. The van der Waals surface area contributed by atoms with Gasteiger partial charge in [0.1, 0.15) is 17.0 Å². The third-order valence-corrected chi connectivity index (χ3v) is 5.18. The summed E-state index contributed by atoms with van der Waals surface area (Å²) in [6, 6.07) is 6.80. The number of hydrogen-bond acceptors (Lipinski definition) is 5. The second kappa shape index (κ2) is 6.71. The second-order valence-electron chi connectivity index (χ2n) is 7.52. The average Bonchev–Trinajstić information content (AvgIpc) is 3.35. The molecule has 136 valence electrons. The van der Waals surface area contributed by atoms with Crippen molar-refractivity contribution in [2.45, 2.75) is 59.4 Å². The lowest BCUT2D eigenvalue weighted by Gasteiger charge is -2.18. The molecule has 1 aromatic carbocycles. The first-order valence-electron chi connectivity index (χ1n) is 9.55. The molecule has 1 unspecified atom stereocenters. The van der Waals surface area contributed by atoms with E-state index < -0.39 is 0 Å². The number of rotatable bonds is 6. The molecular weight excluding hydrogens is 324 g/mol. The van der Waals surface area contributed by atoms with Crippen LogP contribution in [0.2, 0.25) is 0 Å². The Hall–Kier alpha value is -2.43. The number of anilines is 1. The first kappa shape index (κ1) is 17.0. The Morgan fingerprint density at radius 1 is 1.19 bits per heavy atom. The van der Waals surface area contributed by atoms with Crippen LogP contribution in [-0.2, 0) is 0 Å². The molecule has 5 nitrogen and oxygen atoms in total. The van der Waals surface area contributed by atoms with E-state index in [1.807, 2.05) is 6.92 Å². The van der Waals surface area contributed by atoms with Crippen LogP contribution < -0.4 is 5.32 Å². The van der Waals surface area contributed by atoms with E-state index in [9.17, 15) is 0 Å². The topological polar surface area (TPSA) is 63.8 Å². The van der Waals surface area contributed by atoms with Crippen molar-refractivity contribution in [1.29, 1.82) is 0 Å². The minimum atomic E-state index is 0.451. The molecule has 1 atom stereocenters. The fourth-order valence-corrected chi connectivity index (χ4v) is 3.71. The van der Waals surface area contributed by atoms with Crippen molar-refractivity contribution in [3.05, 3.63) is 35.2 Å². The monoisotopic (exact) mass is 350 g/mol. The summed E-state index contributed by atoms with van der Waals surface area (Å²) in [5, 5.41) is 7.98. The van der Waals surface area contributed by atoms with Crippen molar-refractivity contribution in [3.63, 3.8) is 0 Å². The number of hydrogen-bond donors (Lipinski definition) is 1. The SMILES string of the molecule is CCCC(Nc1nc(C)nc2c(-c3ccc(C)cc3C)noc12)C1CC1. The molecule has 2 heterocycles. The fraction of sp³-hybridized carbons (Fsp3) is 0.476. The smallest absolute Gasteiger partial charge is 0.228 e. The number of fused-ring (bicyclic) bond motifs is 1. The van der Waals surface area contributed by atoms with Gasteiger partial charge in [-0.05, 0) is 51.5 Å². The molecular formula is C21H26N4O. The predicted octanol–water partition coefficient (Wildman–Crippen LogP) is 5.20. The molecule has 3 aromatic rings. The highest BCUT2D eigenvalue weighted by Crippen LogP contribution is 2.38. The minimum Gasteiger partial charge on any atom is -0.364 e. The molecule has 1 fully saturated rings. The zero-order valence-corrected chi connectivity index (χ0v) is 16.0. The number of aromatic nitrogens is 3. The van der Waals surface area contributed by atoms with Gasteiger partial charge in [0.25, 0.3) is 0 Å². The number of nitrogens with one attached hydrogen (secondary N) is 1. The average molecular weight is 350 g/mol. The summed E-state index contributed by atoms with van der Waals surface area (Å²) in [5.74, 6) is 2.27. The number of benzene rings is 1. The third-order valence-electron chi connectivity index (χ3n) is 5.18. The van der Waals surface area contributed by atoms with Gasteiger partial charge in [-0.3, -0.25) is 0 Å². The Balaban J connectivity index is 1.77. The normalized spacial score (nSPS) is 15.4. The molecule has 0 radical (unpaired) electrons. The van der Waals surface area contributed by atoms with Crippen LogP contribution in [0.25, 0.3) is 22.4 Å². The van der Waals surface area contributed by atoms with Gasteiger partial charge in [-0.15, -0.1) is 0 Å². The van der Waals surface area contributed by atoms with Crippen LogP contribution in [0.5, 0.6) is 0 Å². The van der Waals surface area contributed by atoms with Crippen LogP contribution in [0.3, 0.4) is 0 Å². The van der Waals surface area contributed by atoms with Gasteiger partial charge < -0.3 is 9.84 Å². The first-order chi connectivity index (χ1) is 12.6. The molecule has 1 saturated carbocycles. The molecule has 0 aliphatic heterocycles. The lowest BCUT2D eigenvalue weighted by Crippen LogP contribution is -2.22. The number of aryl methyl sites for hydroxylation is 3. The van der Waals surface area contributed by atoms with E-state index in [0.717, 1.165) is 47.2 Å². The van der Waals surface area contributed by atoms with Gasteiger partial charge in [0, 0.05) is 11.6 Å². The molecule has 4 rings (SSSR count). The molecule has 26 heavy (non-hydrogen) atoms. The standard InChI is InChI=1S/C21H26N4O/c1-5-6-17(15-8-9-15)24-21-20-19(22-14(4)23-21)18(25-26-20)16-10-7-12(2)11-13(16)3/h7,10-11,15,17H,5-6,8-9H2,1-4H3,(H,22,23,24). The van der Waals surface area contributed by atoms with E-state index in [0.29, 0.717) is 11.6 Å². The largest absolute Gasteiger partial charge is 0.364 e. The van der Waals surface area contributed by atoms with Crippen molar-refractivity contribution >= 4 is 16.9 Å². The highest BCUT2D eigenvalue weighted by atomic mass is 16.5. The van der Waals surface area contributed by atoms with Crippen molar-refractivity contribution in [1.82, 2.24) is 15.1 Å². The molecule has 0 amide bonds. The van der Waals surface area contributed by atoms with Gasteiger partial charge >= 0.3 is 0 Å².